The normalized spacial score (nSPS) is 18.8. The van der Waals surface area contributed by atoms with Crippen LogP contribution in [0.1, 0.15) is 37.3 Å². The molecule has 0 saturated carbocycles. The Morgan fingerprint density at radius 2 is 1.58 bits per heavy atom. The number of aliphatic carboxylic acids is 1. The number of hydrogen-bond acceptors (Lipinski definition) is 2. The minimum absolute atomic E-state index is 0.173. The second kappa shape index (κ2) is 6.10. The molecule has 3 nitrogen and oxygen atoms in total. The number of rotatable bonds is 3. The third-order valence-corrected chi connectivity index (χ3v) is 3.44. The summed E-state index contributed by atoms with van der Waals surface area (Å²) in [5, 5.41) is 9.37. The van der Waals surface area contributed by atoms with Crippen molar-refractivity contribution in [2.75, 3.05) is 13.1 Å². The van der Waals surface area contributed by atoms with Crippen LogP contribution >= 0.6 is 0 Å². The smallest absolute Gasteiger partial charge is 0.325 e. The highest BCUT2D eigenvalue weighted by atomic mass is 19.1. The predicted molar refractivity (Wildman–Crippen MR) is 66.8 cm³/mol. The van der Waals surface area contributed by atoms with E-state index < -0.39 is 23.6 Å². The van der Waals surface area contributed by atoms with Crippen LogP contribution in [0.3, 0.4) is 0 Å². The third-order valence-electron chi connectivity index (χ3n) is 3.44. The Hall–Kier alpha value is -1.49. The second-order valence-electron chi connectivity index (χ2n) is 4.89. The van der Waals surface area contributed by atoms with Gasteiger partial charge in [-0.05, 0) is 43.6 Å². The number of halogens is 2. The van der Waals surface area contributed by atoms with Crippen molar-refractivity contribution in [2.45, 2.75) is 31.7 Å². The largest absolute Gasteiger partial charge is 0.480 e. The van der Waals surface area contributed by atoms with Crippen LogP contribution in [-0.2, 0) is 4.79 Å². The van der Waals surface area contributed by atoms with E-state index in [-0.39, 0.29) is 5.56 Å². The van der Waals surface area contributed by atoms with Gasteiger partial charge in [-0.25, -0.2) is 8.78 Å². The van der Waals surface area contributed by atoms with Gasteiger partial charge in [-0.3, -0.25) is 9.69 Å². The van der Waals surface area contributed by atoms with Crippen molar-refractivity contribution < 1.29 is 18.7 Å². The molecule has 1 N–H and O–H groups in total. The number of benzene rings is 1. The molecule has 0 aliphatic carbocycles. The highest BCUT2D eigenvalue weighted by molar-refractivity contribution is 5.75. The fraction of sp³-hybridized carbons (Fsp3) is 0.500. The quantitative estimate of drug-likeness (QED) is 0.917. The maximum atomic E-state index is 13.2. The third kappa shape index (κ3) is 3.50. The lowest BCUT2D eigenvalue weighted by molar-refractivity contribution is -0.143. The molecule has 0 bridgehead atoms. The van der Waals surface area contributed by atoms with Gasteiger partial charge in [0.1, 0.15) is 17.7 Å². The lowest BCUT2D eigenvalue weighted by Gasteiger charge is -2.27. The van der Waals surface area contributed by atoms with E-state index in [4.69, 9.17) is 0 Å². The Morgan fingerprint density at radius 1 is 1.05 bits per heavy atom. The van der Waals surface area contributed by atoms with Crippen molar-refractivity contribution >= 4 is 5.97 Å². The van der Waals surface area contributed by atoms with Gasteiger partial charge in [0.05, 0.1) is 0 Å². The highest BCUT2D eigenvalue weighted by Gasteiger charge is 2.28. The zero-order valence-corrected chi connectivity index (χ0v) is 10.6. The molecule has 104 valence electrons. The number of likely N-dealkylation sites (tertiary alicyclic amines) is 1. The number of carboxylic acids is 1. The number of carboxylic acid groups (broad SMARTS) is 1. The molecule has 1 fully saturated rings. The molecule has 1 unspecified atom stereocenters. The molecule has 1 saturated heterocycles. The first-order chi connectivity index (χ1) is 9.08. The molecule has 0 amide bonds. The summed E-state index contributed by atoms with van der Waals surface area (Å²) >= 11 is 0. The zero-order chi connectivity index (χ0) is 13.8. The molecular weight excluding hydrogens is 252 g/mol. The molecule has 1 aromatic carbocycles. The molecule has 0 aromatic heterocycles. The van der Waals surface area contributed by atoms with Gasteiger partial charge >= 0.3 is 5.97 Å². The summed E-state index contributed by atoms with van der Waals surface area (Å²) in [7, 11) is 0. The first-order valence-corrected chi connectivity index (χ1v) is 6.51. The van der Waals surface area contributed by atoms with Crippen molar-refractivity contribution in [2.24, 2.45) is 0 Å². The van der Waals surface area contributed by atoms with E-state index in [0.717, 1.165) is 43.9 Å². The highest BCUT2D eigenvalue weighted by Crippen LogP contribution is 2.25. The summed E-state index contributed by atoms with van der Waals surface area (Å²) in [5.74, 6) is -2.54. The van der Waals surface area contributed by atoms with Gasteiger partial charge in [0, 0.05) is 6.07 Å². The Balaban J connectivity index is 2.30. The maximum Gasteiger partial charge on any atom is 0.325 e. The average molecular weight is 269 g/mol. The van der Waals surface area contributed by atoms with E-state index in [0.29, 0.717) is 13.1 Å². The molecule has 1 aliphatic rings. The fourth-order valence-electron chi connectivity index (χ4n) is 2.60. The van der Waals surface area contributed by atoms with E-state index in [1.807, 2.05) is 0 Å². The minimum atomic E-state index is -1.06. The molecular formula is C14H17F2NO2. The van der Waals surface area contributed by atoms with Crippen LogP contribution in [-0.4, -0.2) is 29.1 Å². The lowest BCUT2D eigenvalue weighted by Crippen LogP contribution is -2.35. The van der Waals surface area contributed by atoms with Crippen molar-refractivity contribution in [1.29, 1.82) is 0 Å². The summed E-state index contributed by atoms with van der Waals surface area (Å²) < 4.78 is 26.5. The lowest BCUT2D eigenvalue weighted by atomic mass is 10.0. The Bertz CT molecular complexity index is 437. The van der Waals surface area contributed by atoms with E-state index >= 15 is 0 Å². The van der Waals surface area contributed by atoms with Gasteiger partial charge < -0.3 is 5.11 Å². The van der Waals surface area contributed by atoms with Gasteiger partial charge in [-0.1, -0.05) is 12.8 Å². The van der Waals surface area contributed by atoms with Crippen molar-refractivity contribution in [3.63, 3.8) is 0 Å². The van der Waals surface area contributed by atoms with Crippen LogP contribution in [0.4, 0.5) is 8.78 Å². The van der Waals surface area contributed by atoms with E-state index in [9.17, 15) is 18.7 Å². The van der Waals surface area contributed by atoms with Crippen molar-refractivity contribution in [1.82, 2.24) is 4.90 Å². The zero-order valence-electron chi connectivity index (χ0n) is 10.6. The average Bonchev–Trinajstić information content (AvgIpc) is 2.56. The van der Waals surface area contributed by atoms with Crippen LogP contribution in [0, 0.1) is 11.6 Å². The van der Waals surface area contributed by atoms with Crippen LogP contribution < -0.4 is 0 Å². The van der Waals surface area contributed by atoms with Gasteiger partial charge in [0.15, 0.2) is 0 Å². The molecule has 5 heteroatoms. The predicted octanol–water partition coefficient (Wildman–Crippen LogP) is 2.97. The monoisotopic (exact) mass is 269 g/mol. The maximum absolute atomic E-state index is 13.2. The van der Waals surface area contributed by atoms with Crippen molar-refractivity contribution in [3.8, 4) is 0 Å². The van der Waals surface area contributed by atoms with Gasteiger partial charge in [0.25, 0.3) is 0 Å². The van der Waals surface area contributed by atoms with Gasteiger partial charge in [0.2, 0.25) is 0 Å². The van der Waals surface area contributed by atoms with Gasteiger partial charge in [-0.15, -0.1) is 0 Å². The Morgan fingerprint density at radius 3 is 2.05 bits per heavy atom. The standard InChI is InChI=1S/C14H17F2NO2/c15-11-7-10(8-12(16)9-11)13(14(18)19)17-5-3-1-2-4-6-17/h7-9,13H,1-6H2,(H,18,19). The number of hydrogen-bond donors (Lipinski definition) is 1. The first kappa shape index (κ1) is 13.9. The summed E-state index contributed by atoms with van der Waals surface area (Å²) in [6.45, 7) is 1.30. The van der Waals surface area contributed by atoms with Crippen LogP contribution in [0.25, 0.3) is 0 Å². The Kier molecular flexibility index (Phi) is 4.47. The molecule has 0 spiro atoms. The Labute approximate surface area is 110 Å². The van der Waals surface area contributed by atoms with E-state index in [1.165, 1.54) is 0 Å². The first-order valence-electron chi connectivity index (χ1n) is 6.51. The summed E-state index contributed by atoms with van der Waals surface area (Å²) in [6, 6.07) is 1.99. The summed E-state index contributed by atoms with van der Waals surface area (Å²) in [4.78, 5) is 13.2. The van der Waals surface area contributed by atoms with Crippen LogP contribution in [0.2, 0.25) is 0 Å². The summed E-state index contributed by atoms with van der Waals surface area (Å²) in [6.07, 6.45) is 3.98. The summed E-state index contributed by atoms with van der Waals surface area (Å²) in [5.41, 5.74) is 0.173. The van der Waals surface area contributed by atoms with Crippen LogP contribution in [0.5, 0.6) is 0 Å². The second-order valence-corrected chi connectivity index (χ2v) is 4.89. The molecule has 1 heterocycles. The SMILES string of the molecule is O=C(O)C(c1cc(F)cc(F)c1)N1CCCCCC1. The topological polar surface area (TPSA) is 40.5 Å². The number of carbonyl (C=O) groups is 1. The van der Waals surface area contributed by atoms with Gasteiger partial charge in [-0.2, -0.15) is 0 Å². The molecule has 1 aromatic rings. The minimum Gasteiger partial charge on any atom is -0.480 e. The van der Waals surface area contributed by atoms with Crippen molar-refractivity contribution in [3.05, 3.63) is 35.4 Å². The molecule has 19 heavy (non-hydrogen) atoms. The number of nitrogens with zero attached hydrogens (tertiary/aromatic N) is 1. The molecule has 0 radical (unpaired) electrons. The molecule has 2 rings (SSSR count). The van der Waals surface area contributed by atoms with E-state index in [2.05, 4.69) is 0 Å². The molecule has 1 aliphatic heterocycles. The fourth-order valence-corrected chi connectivity index (χ4v) is 2.60. The van der Waals surface area contributed by atoms with Crippen LogP contribution in [0.15, 0.2) is 18.2 Å². The molecule has 1 atom stereocenters. The van der Waals surface area contributed by atoms with E-state index in [1.54, 1.807) is 4.90 Å².